The van der Waals surface area contributed by atoms with E-state index in [4.69, 9.17) is 15.0 Å². The number of aryl methyl sites for hydroxylation is 1. The lowest BCUT2D eigenvalue weighted by Gasteiger charge is -2.26. The topological polar surface area (TPSA) is 67.2 Å². The molecule has 0 radical (unpaired) electrons. The Morgan fingerprint density at radius 3 is 2.30 bits per heavy atom. The van der Waals surface area contributed by atoms with Crippen molar-refractivity contribution >= 4 is 0 Å². The van der Waals surface area contributed by atoms with Crippen LogP contribution in [0.25, 0.3) is 10.4 Å². The van der Waals surface area contributed by atoms with Crippen LogP contribution in [0.2, 0.25) is 0 Å². The molecule has 2 aromatic carbocycles. The second-order valence-corrected chi connectivity index (χ2v) is 7.16. The van der Waals surface area contributed by atoms with E-state index in [1.807, 2.05) is 0 Å². The van der Waals surface area contributed by atoms with Gasteiger partial charge in [-0.3, -0.25) is 0 Å². The molecule has 1 heterocycles. The number of nitrogens with zero attached hydrogens (tertiary/aromatic N) is 3. The molecule has 5 nitrogen and oxygen atoms in total. The predicted octanol–water partition coefficient (Wildman–Crippen LogP) is 5.54. The minimum absolute atomic E-state index is 0.0626. The highest BCUT2D eigenvalue weighted by Gasteiger charge is 2.18. The standard InChI is InChI=1S/C22H27N3O2/c1-17(14-19-5-7-20(8-6-19)15-22-26-16-27-22)21-11-9-18(10-12-21)4-2-3-13-24-25-23/h5-12,17,22H,2-4,13-16H2,1H3. The van der Waals surface area contributed by atoms with Gasteiger partial charge in [0.1, 0.15) is 0 Å². The summed E-state index contributed by atoms with van der Waals surface area (Å²) < 4.78 is 10.6. The van der Waals surface area contributed by atoms with Gasteiger partial charge in [0.15, 0.2) is 13.1 Å². The number of rotatable bonds is 10. The fourth-order valence-corrected chi connectivity index (χ4v) is 3.33. The van der Waals surface area contributed by atoms with E-state index in [-0.39, 0.29) is 6.29 Å². The summed E-state index contributed by atoms with van der Waals surface area (Å²) >= 11 is 0. The van der Waals surface area contributed by atoms with Crippen molar-refractivity contribution in [3.63, 3.8) is 0 Å². The van der Waals surface area contributed by atoms with E-state index in [9.17, 15) is 0 Å². The van der Waals surface area contributed by atoms with Crippen molar-refractivity contribution in [3.05, 3.63) is 81.2 Å². The fourth-order valence-electron chi connectivity index (χ4n) is 3.33. The van der Waals surface area contributed by atoms with E-state index >= 15 is 0 Å². The number of unbranched alkanes of at least 4 members (excludes halogenated alkanes) is 1. The van der Waals surface area contributed by atoms with Gasteiger partial charge in [0.25, 0.3) is 0 Å². The summed E-state index contributed by atoms with van der Waals surface area (Å²) in [5, 5.41) is 3.57. The molecule has 1 unspecified atom stereocenters. The highest BCUT2D eigenvalue weighted by molar-refractivity contribution is 5.29. The highest BCUT2D eigenvalue weighted by atomic mass is 16.8. The third-order valence-electron chi connectivity index (χ3n) is 5.06. The lowest BCUT2D eigenvalue weighted by atomic mass is 9.92. The van der Waals surface area contributed by atoms with Gasteiger partial charge in [-0.25, -0.2) is 0 Å². The summed E-state index contributed by atoms with van der Waals surface area (Å²) in [6.45, 7) is 3.29. The molecule has 0 aliphatic carbocycles. The molecule has 1 aliphatic heterocycles. The largest absolute Gasteiger partial charge is 0.326 e. The molecule has 1 saturated heterocycles. The van der Waals surface area contributed by atoms with Crippen LogP contribution < -0.4 is 0 Å². The van der Waals surface area contributed by atoms with Gasteiger partial charge in [-0.05, 0) is 59.4 Å². The molecule has 27 heavy (non-hydrogen) atoms. The Morgan fingerprint density at radius 1 is 1.00 bits per heavy atom. The summed E-state index contributed by atoms with van der Waals surface area (Å²) in [6, 6.07) is 17.7. The first-order chi connectivity index (χ1) is 13.2. The lowest BCUT2D eigenvalue weighted by molar-refractivity contribution is -0.318. The SMILES string of the molecule is CC(Cc1ccc(CC2OCO2)cc1)c1ccc(CCCCN=[N+]=[N-])cc1. The van der Waals surface area contributed by atoms with Crippen LogP contribution >= 0.6 is 0 Å². The first-order valence-electron chi connectivity index (χ1n) is 9.65. The fraction of sp³-hybridized carbons (Fsp3) is 0.455. The average molecular weight is 365 g/mol. The van der Waals surface area contributed by atoms with Gasteiger partial charge in [-0.15, -0.1) is 0 Å². The molecule has 1 aliphatic rings. The van der Waals surface area contributed by atoms with Gasteiger partial charge in [0.05, 0.1) is 0 Å². The van der Waals surface area contributed by atoms with Crippen molar-refractivity contribution in [3.8, 4) is 0 Å². The zero-order chi connectivity index (χ0) is 18.9. The monoisotopic (exact) mass is 365 g/mol. The Morgan fingerprint density at radius 2 is 1.67 bits per heavy atom. The van der Waals surface area contributed by atoms with Crippen LogP contribution in [0, 0.1) is 0 Å². The number of hydrogen-bond acceptors (Lipinski definition) is 3. The summed E-state index contributed by atoms with van der Waals surface area (Å²) in [4.78, 5) is 2.78. The second-order valence-electron chi connectivity index (χ2n) is 7.16. The zero-order valence-electron chi connectivity index (χ0n) is 15.9. The van der Waals surface area contributed by atoms with Gasteiger partial charge in [0, 0.05) is 17.9 Å². The van der Waals surface area contributed by atoms with Crippen LogP contribution in [-0.4, -0.2) is 19.6 Å². The highest BCUT2D eigenvalue weighted by Crippen LogP contribution is 2.22. The summed E-state index contributed by atoms with van der Waals surface area (Å²) in [5.41, 5.74) is 13.6. The maximum Gasteiger partial charge on any atom is 0.167 e. The van der Waals surface area contributed by atoms with Crippen LogP contribution in [0.3, 0.4) is 0 Å². The molecule has 0 N–H and O–H groups in total. The Balaban J connectivity index is 1.46. The Labute approximate surface area is 160 Å². The molecule has 0 amide bonds. The number of ether oxygens (including phenoxy) is 2. The van der Waals surface area contributed by atoms with Crippen molar-refractivity contribution in [2.45, 2.75) is 51.2 Å². The van der Waals surface area contributed by atoms with Gasteiger partial charge < -0.3 is 9.47 Å². The van der Waals surface area contributed by atoms with Crippen LogP contribution in [0.15, 0.2) is 53.6 Å². The van der Waals surface area contributed by atoms with Crippen LogP contribution in [-0.2, 0) is 28.7 Å². The Hall–Kier alpha value is -2.33. The quantitative estimate of drug-likeness (QED) is 0.240. The lowest BCUT2D eigenvalue weighted by Crippen LogP contribution is -2.32. The van der Waals surface area contributed by atoms with E-state index < -0.39 is 0 Å². The van der Waals surface area contributed by atoms with Crippen molar-refractivity contribution in [2.24, 2.45) is 5.11 Å². The molecule has 0 saturated carbocycles. The first kappa shape index (κ1) is 19.4. The molecule has 5 heteroatoms. The maximum atomic E-state index is 8.28. The normalized spacial score (nSPS) is 15.0. The van der Waals surface area contributed by atoms with E-state index in [0.29, 0.717) is 19.3 Å². The van der Waals surface area contributed by atoms with Crippen LogP contribution in [0.4, 0.5) is 0 Å². The third-order valence-corrected chi connectivity index (χ3v) is 5.06. The van der Waals surface area contributed by atoms with Gasteiger partial charge in [0.2, 0.25) is 0 Å². The molecular weight excluding hydrogens is 338 g/mol. The van der Waals surface area contributed by atoms with Gasteiger partial charge in [-0.2, -0.15) is 0 Å². The van der Waals surface area contributed by atoms with E-state index in [1.54, 1.807) is 0 Å². The molecule has 3 rings (SSSR count). The van der Waals surface area contributed by atoms with E-state index in [1.165, 1.54) is 22.3 Å². The summed E-state index contributed by atoms with van der Waals surface area (Å²) in [6.07, 6.45) is 4.81. The predicted molar refractivity (Wildman–Crippen MR) is 106 cm³/mol. The minimum atomic E-state index is -0.0626. The van der Waals surface area contributed by atoms with E-state index in [0.717, 1.165) is 32.1 Å². The van der Waals surface area contributed by atoms with Gasteiger partial charge in [-0.1, -0.05) is 60.6 Å². The summed E-state index contributed by atoms with van der Waals surface area (Å²) in [5.74, 6) is 0.480. The average Bonchev–Trinajstić information content (AvgIpc) is 2.66. The third kappa shape index (κ3) is 6.10. The molecule has 0 spiro atoms. The van der Waals surface area contributed by atoms with Crippen molar-refractivity contribution in [2.75, 3.05) is 13.3 Å². The Kier molecular flexibility index (Phi) is 7.28. The molecule has 1 fully saturated rings. The van der Waals surface area contributed by atoms with Crippen molar-refractivity contribution < 1.29 is 9.47 Å². The zero-order valence-corrected chi connectivity index (χ0v) is 15.9. The maximum absolute atomic E-state index is 8.28. The minimum Gasteiger partial charge on any atom is -0.326 e. The molecule has 0 bridgehead atoms. The number of benzene rings is 2. The van der Waals surface area contributed by atoms with Gasteiger partial charge >= 0.3 is 0 Å². The molecule has 2 aromatic rings. The number of azide groups is 1. The molecule has 0 aromatic heterocycles. The first-order valence-corrected chi connectivity index (χ1v) is 9.65. The molecule has 1 atom stereocenters. The second kappa shape index (κ2) is 10.1. The number of hydrogen-bond donors (Lipinski definition) is 0. The van der Waals surface area contributed by atoms with Crippen LogP contribution in [0.1, 0.15) is 47.9 Å². The molecular formula is C22H27N3O2. The van der Waals surface area contributed by atoms with Crippen molar-refractivity contribution in [1.29, 1.82) is 0 Å². The molecule has 142 valence electrons. The Bertz CT molecular complexity index is 748. The van der Waals surface area contributed by atoms with E-state index in [2.05, 4.69) is 65.5 Å². The van der Waals surface area contributed by atoms with Crippen LogP contribution in [0.5, 0.6) is 0 Å². The van der Waals surface area contributed by atoms with Crippen molar-refractivity contribution in [1.82, 2.24) is 0 Å². The smallest absolute Gasteiger partial charge is 0.167 e. The summed E-state index contributed by atoms with van der Waals surface area (Å²) in [7, 11) is 0.